The van der Waals surface area contributed by atoms with Crippen LogP contribution in [0.4, 0.5) is 0 Å². The molecule has 1 rings (SSSR count). The summed E-state index contributed by atoms with van der Waals surface area (Å²) in [5, 5.41) is 26.3. The SMILES string of the molecule is CC(C)C(NC(=O)C(NC(=O)C(Cc1cnc[nH]1)NC(=O)CN)C(C)O)C(=O)O. The molecule has 0 aliphatic carbocycles. The van der Waals surface area contributed by atoms with Crippen LogP contribution in [0.25, 0.3) is 0 Å². The van der Waals surface area contributed by atoms with Crippen molar-refractivity contribution in [2.24, 2.45) is 11.7 Å². The lowest BCUT2D eigenvalue weighted by Gasteiger charge is -2.26. The van der Waals surface area contributed by atoms with Crippen LogP contribution in [-0.4, -0.2) is 74.6 Å². The van der Waals surface area contributed by atoms with Gasteiger partial charge in [-0.15, -0.1) is 0 Å². The molecule has 0 aliphatic heterocycles. The second kappa shape index (κ2) is 11.1. The topological polar surface area (TPSA) is 200 Å². The van der Waals surface area contributed by atoms with Gasteiger partial charge in [-0.25, -0.2) is 9.78 Å². The van der Waals surface area contributed by atoms with Crippen molar-refractivity contribution in [1.29, 1.82) is 0 Å². The zero-order valence-electron chi connectivity index (χ0n) is 16.5. The predicted molar refractivity (Wildman–Crippen MR) is 101 cm³/mol. The van der Waals surface area contributed by atoms with Crippen LogP contribution < -0.4 is 21.7 Å². The zero-order chi connectivity index (χ0) is 22.1. The summed E-state index contributed by atoms with van der Waals surface area (Å²) in [6.07, 6.45) is 1.58. The first-order valence-corrected chi connectivity index (χ1v) is 9.05. The Labute approximate surface area is 167 Å². The average Bonchev–Trinajstić information content (AvgIpc) is 3.15. The number of H-pyrrole nitrogens is 1. The van der Waals surface area contributed by atoms with Gasteiger partial charge in [-0.1, -0.05) is 13.8 Å². The summed E-state index contributed by atoms with van der Waals surface area (Å²) in [6, 6.07) is -3.72. The van der Waals surface area contributed by atoms with Crippen LogP contribution in [0.1, 0.15) is 26.5 Å². The van der Waals surface area contributed by atoms with Crippen LogP contribution in [0.5, 0.6) is 0 Å². The molecule has 0 saturated heterocycles. The van der Waals surface area contributed by atoms with Crippen molar-refractivity contribution >= 4 is 23.7 Å². The van der Waals surface area contributed by atoms with E-state index in [1.807, 2.05) is 0 Å². The third-order valence-electron chi connectivity index (χ3n) is 4.11. The van der Waals surface area contributed by atoms with Crippen molar-refractivity contribution in [2.45, 2.75) is 51.4 Å². The predicted octanol–water partition coefficient (Wildman–Crippen LogP) is -2.51. The molecule has 1 aromatic rings. The Bertz CT molecular complexity index is 705. The minimum absolute atomic E-state index is 0.0372. The standard InChI is InChI=1S/C17H28N6O6/c1-8(2)13(17(28)29)22-16(27)14(9(3)24)23-15(26)11(21-12(25)5-18)4-10-6-19-7-20-10/h6-9,11,13-14,24H,4-5,18H2,1-3H3,(H,19,20)(H,21,25)(H,22,27)(H,23,26)(H,28,29). The van der Waals surface area contributed by atoms with E-state index in [0.29, 0.717) is 5.69 Å². The fourth-order valence-corrected chi connectivity index (χ4v) is 2.49. The van der Waals surface area contributed by atoms with Crippen LogP contribution in [-0.2, 0) is 25.6 Å². The summed E-state index contributed by atoms with van der Waals surface area (Å²) in [5.74, 6) is -3.86. The maximum absolute atomic E-state index is 12.7. The number of hydrogen-bond acceptors (Lipinski definition) is 7. The van der Waals surface area contributed by atoms with Crippen LogP contribution in [0.15, 0.2) is 12.5 Å². The number of nitrogens with two attached hydrogens (primary N) is 1. The number of hydrogen-bond donors (Lipinski definition) is 7. The van der Waals surface area contributed by atoms with Crippen molar-refractivity contribution in [1.82, 2.24) is 25.9 Å². The van der Waals surface area contributed by atoms with Crippen molar-refractivity contribution in [3.05, 3.63) is 18.2 Å². The number of amides is 3. The average molecular weight is 412 g/mol. The number of nitrogens with zero attached hydrogens (tertiary/aromatic N) is 1. The van der Waals surface area contributed by atoms with E-state index in [1.165, 1.54) is 19.4 Å². The minimum Gasteiger partial charge on any atom is -0.480 e. The Morgan fingerprint density at radius 3 is 2.17 bits per heavy atom. The van der Waals surface area contributed by atoms with E-state index in [-0.39, 0.29) is 13.0 Å². The maximum Gasteiger partial charge on any atom is 0.326 e. The number of carbonyl (C=O) groups is 4. The quantitative estimate of drug-likeness (QED) is 0.206. The number of aromatic nitrogens is 2. The number of carboxylic acid groups (broad SMARTS) is 1. The van der Waals surface area contributed by atoms with Gasteiger partial charge in [0, 0.05) is 18.3 Å². The van der Waals surface area contributed by atoms with E-state index < -0.39 is 53.8 Å². The van der Waals surface area contributed by atoms with Gasteiger partial charge < -0.3 is 36.9 Å². The minimum atomic E-state index is -1.43. The number of nitrogens with one attached hydrogen (secondary N) is 4. The molecule has 1 heterocycles. The number of aliphatic hydroxyl groups excluding tert-OH is 1. The number of carboxylic acids is 1. The number of carbonyl (C=O) groups excluding carboxylic acids is 3. The van der Waals surface area contributed by atoms with Gasteiger partial charge in [0.05, 0.1) is 19.0 Å². The normalized spacial score (nSPS) is 15.1. The Kier molecular flexibility index (Phi) is 9.22. The molecule has 0 radical (unpaired) electrons. The van der Waals surface area contributed by atoms with E-state index in [9.17, 15) is 29.4 Å². The monoisotopic (exact) mass is 412 g/mol. The van der Waals surface area contributed by atoms with Gasteiger partial charge in [-0.3, -0.25) is 14.4 Å². The molecule has 4 unspecified atom stereocenters. The first-order chi connectivity index (χ1) is 13.6. The summed E-state index contributed by atoms with van der Waals surface area (Å²) in [7, 11) is 0. The summed E-state index contributed by atoms with van der Waals surface area (Å²) in [4.78, 5) is 54.8. The largest absolute Gasteiger partial charge is 0.480 e. The molecule has 0 spiro atoms. The molecule has 1 aromatic heterocycles. The van der Waals surface area contributed by atoms with Crippen molar-refractivity contribution in [2.75, 3.05) is 6.54 Å². The highest BCUT2D eigenvalue weighted by atomic mass is 16.4. The Morgan fingerprint density at radius 2 is 1.72 bits per heavy atom. The third kappa shape index (κ3) is 7.50. The molecule has 12 heteroatoms. The van der Waals surface area contributed by atoms with Gasteiger partial charge in [0.25, 0.3) is 0 Å². The van der Waals surface area contributed by atoms with Crippen LogP contribution >= 0.6 is 0 Å². The van der Waals surface area contributed by atoms with Crippen LogP contribution in [0.2, 0.25) is 0 Å². The second-order valence-electron chi connectivity index (χ2n) is 6.90. The van der Waals surface area contributed by atoms with Gasteiger partial charge in [-0.2, -0.15) is 0 Å². The Morgan fingerprint density at radius 1 is 1.10 bits per heavy atom. The molecule has 0 aromatic carbocycles. The molecule has 0 saturated carbocycles. The van der Waals surface area contributed by atoms with Crippen LogP contribution in [0, 0.1) is 5.92 Å². The Balaban J connectivity index is 2.94. The number of imidazole rings is 1. The number of aliphatic hydroxyl groups is 1. The fourth-order valence-electron chi connectivity index (χ4n) is 2.49. The van der Waals surface area contributed by atoms with E-state index >= 15 is 0 Å². The molecule has 0 aliphatic rings. The van der Waals surface area contributed by atoms with Crippen molar-refractivity contribution < 1.29 is 29.4 Å². The highest BCUT2D eigenvalue weighted by Crippen LogP contribution is 2.05. The lowest BCUT2D eigenvalue weighted by molar-refractivity contribution is -0.144. The molecule has 8 N–H and O–H groups in total. The first kappa shape index (κ1) is 24.0. The van der Waals surface area contributed by atoms with Gasteiger partial charge in [0.2, 0.25) is 17.7 Å². The van der Waals surface area contributed by atoms with Gasteiger partial charge in [0.15, 0.2) is 0 Å². The summed E-state index contributed by atoms with van der Waals surface area (Å²) in [5.41, 5.74) is 5.83. The van der Waals surface area contributed by atoms with E-state index in [4.69, 9.17) is 5.73 Å². The molecule has 12 nitrogen and oxygen atoms in total. The number of aromatic amines is 1. The molecular weight excluding hydrogens is 384 g/mol. The third-order valence-corrected chi connectivity index (χ3v) is 4.11. The van der Waals surface area contributed by atoms with E-state index in [0.717, 1.165) is 0 Å². The van der Waals surface area contributed by atoms with E-state index in [1.54, 1.807) is 13.8 Å². The Hall–Kier alpha value is -2.99. The van der Waals surface area contributed by atoms with Crippen molar-refractivity contribution in [3.63, 3.8) is 0 Å². The number of rotatable bonds is 11. The fraction of sp³-hybridized carbons (Fsp3) is 0.588. The first-order valence-electron chi connectivity index (χ1n) is 9.05. The molecular formula is C17H28N6O6. The second-order valence-corrected chi connectivity index (χ2v) is 6.90. The number of aliphatic carboxylic acids is 1. The van der Waals surface area contributed by atoms with Crippen LogP contribution in [0.3, 0.4) is 0 Å². The van der Waals surface area contributed by atoms with Gasteiger partial charge in [0.1, 0.15) is 18.1 Å². The highest BCUT2D eigenvalue weighted by molar-refractivity contribution is 5.94. The summed E-state index contributed by atoms with van der Waals surface area (Å²) in [6.45, 7) is 4.15. The van der Waals surface area contributed by atoms with Gasteiger partial charge >= 0.3 is 5.97 Å². The lowest BCUT2D eigenvalue weighted by Crippen LogP contribution is -2.60. The molecule has 29 heavy (non-hydrogen) atoms. The summed E-state index contributed by atoms with van der Waals surface area (Å²) < 4.78 is 0. The zero-order valence-corrected chi connectivity index (χ0v) is 16.5. The molecule has 0 fully saturated rings. The highest BCUT2D eigenvalue weighted by Gasteiger charge is 2.33. The van der Waals surface area contributed by atoms with Gasteiger partial charge in [-0.05, 0) is 12.8 Å². The van der Waals surface area contributed by atoms with Crippen molar-refractivity contribution in [3.8, 4) is 0 Å². The molecule has 162 valence electrons. The molecule has 4 atom stereocenters. The summed E-state index contributed by atoms with van der Waals surface area (Å²) >= 11 is 0. The lowest BCUT2D eigenvalue weighted by atomic mass is 10.0. The molecule has 0 bridgehead atoms. The molecule has 3 amide bonds. The smallest absolute Gasteiger partial charge is 0.326 e. The van der Waals surface area contributed by atoms with E-state index in [2.05, 4.69) is 25.9 Å². The maximum atomic E-state index is 12.7.